The minimum Gasteiger partial charge on any atom is -0.358 e. The number of quaternary nitrogens is 1. The second-order valence-electron chi connectivity index (χ2n) is 5.53. The summed E-state index contributed by atoms with van der Waals surface area (Å²) in [4.78, 5) is 27.4. The third-order valence-electron chi connectivity index (χ3n) is 4.11. The Labute approximate surface area is 143 Å². The summed E-state index contributed by atoms with van der Waals surface area (Å²) < 4.78 is 0. The number of carbonyl (C=O) groups excluding carboxylic acids is 2. The third kappa shape index (κ3) is 3.63. The summed E-state index contributed by atoms with van der Waals surface area (Å²) in [6, 6.07) is 6.61. The van der Waals surface area contributed by atoms with Crippen molar-refractivity contribution in [1.82, 2.24) is 10.6 Å². The number of carbonyl (C=O) groups is 2. The summed E-state index contributed by atoms with van der Waals surface area (Å²) in [7, 11) is 1.56. The zero-order chi connectivity index (χ0) is 16.2. The van der Waals surface area contributed by atoms with E-state index in [0.29, 0.717) is 6.54 Å². The molecule has 0 bridgehead atoms. The van der Waals surface area contributed by atoms with Gasteiger partial charge in [0.1, 0.15) is 6.04 Å². The molecule has 0 saturated carbocycles. The van der Waals surface area contributed by atoms with Crippen LogP contribution in [0.25, 0.3) is 0 Å². The summed E-state index contributed by atoms with van der Waals surface area (Å²) >= 11 is 3.54. The molecule has 2 atom stereocenters. The van der Waals surface area contributed by atoms with E-state index in [-0.39, 0.29) is 24.4 Å². The van der Waals surface area contributed by atoms with Gasteiger partial charge in [0.15, 0.2) is 6.54 Å². The summed E-state index contributed by atoms with van der Waals surface area (Å²) in [6.45, 7) is 1.36. The van der Waals surface area contributed by atoms with E-state index < -0.39 is 0 Å². The number of likely N-dealkylation sites (N-methyl/N-ethyl adjacent to an activating group) is 1. The van der Waals surface area contributed by atoms with Gasteiger partial charge in [-0.3, -0.25) is 9.59 Å². The summed E-state index contributed by atoms with van der Waals surface area (Å²) in [6.07, 6.45) is 1.01. The predicted octanol–water partition coefficient (Wildman–Crippen LogP) is 0.202. The largest absolute Gasteiger partial charge is 0.358 e. The van der Waals surface area contributed by atoms with Crippen LogP contribution in [0.2, 0.25) is 0 Å². The molecule has 1 aliphatic rings. The Morgan fingerprint density at radius 2 is 2.13 bits per heavy atom. The first-order chi connectivity index (χ1) is 11.2. The van der Waals surface area contributed by atoms with E-state index in [0.717, 1.165) is 13.0 Å². The Kier molecular flexibility index (Phi) is 5.09. The number of amides is 2. The molecule has 0 aliphatic carbocycles. The molecule has 0 saturated heterocycles. The third-order valence-corrected chi connectivity index (χ3v) is 6.05. The second kappa shape index (κ2) is 7.25. The summed E-state index contributed by atoms with van der Waals surface area (Å²) in [5.74, 6) is -0.259. The molecule has 0 spiro atoms. The van der Waals surface area contributed by atoms with Gasteiger partial charge in [0.05, 0.1) is 18.0 Å². The molecule has 2 aromatic heterocycles. The average molecular weight is 350 g/mol. The molecule has 2 amide bonds. The number of nitrogens with one attached hydrogen (secondary N) is 3. The maximum Gasteiger partial charge on any atom is 0.275 e. The predicted molar refractivity (Wildman–Crippen MR) is 92.0 cm³/mol. The zero-order valence-electron chi connectivity index (χ0n) is 12.9. The van der Waals surface area contributed by atoms with Crippen molar-refractivity contribution in [2.24, 2.45) is 0 Å². The Bertz CT molecular complexity index is 681. The van der Waals surface area contributed by atoms with Gasteiger partial charge in [-0.2, -0.15) is 0 Å². The van der Waals surface area contributed by atoms with Crippen molar-refractivity contribution < 1.29 is 14.5 Å². The highest BCUT2D eigenvalue weighted by molar-refractivity contribution is 7.10. The number of hydrogen-bond donors (Lipinski definition) is 3. The fourth-order valence-corrected chi connectivity index (χ4v) is 4.81. The molecule has 122 valence electrons. The lowest BCUT2D eigenvalue weighted by atomic mass is 9.98. The first-order valence-electron chi connectivity index (χ1n) is 7.60. The van der Waals surface area contributed by atoms with Crippen LogP contribution < -0.4 is 15.5 Å². The fourth-order valence-electron chi connectivity index (χ4n) is 2.99. The molecule has 23 heavy (non-hydrogen) atoms. The fraction of sp³-hybridized carbons (Fsp3) is 0.375. The Hall–Kier alpha value is -1.70. The number of hydrogen-bond acceptors (Lipinski definition) is 4. The lowest BCUT2D eigenvalue weighted by molar-refractivity contribution is -0.919. The van der Waals surface area contributed by atoms with Gasteiger partial charge >= 0.3 is 0 Å². The smallest absolute Gasteiger partial charge is 0.275 e. The lowest BCUT2D eigenvalue weighted by Crippen LogP contribution is -3.14. The van der Waals surface area contributed by atoms with Crippen LogP contribution in [0.4, 0.5) is 0 Å². The highest BCUT2D eigenvalue weighted by atomic mass is 32.1. The van der Waals surface area contributed by atoms with Gasteiger partial charge in [-0.15, -0.1) is 22.7 Å². The second-order valence-corrected chi connectivity index (χ2v) is 7.51. The van der Waals surface area contributed by atoms with Crippen LogP contribution in [-0.4, -0.2) is 38.5 Å². The quantitative estimate of drug-likeness (QED) is 0.722. The molecule has 7 heteroatoms. The molecule has 0 aromatic carbocycles. The highest BCUT2D eigenvalue weighted by Gasteiger charge is 2.35. The van der Waals surface area contributed by atoms with Crippen molar-refractivity contribution >= 4 is 34.5 Å². The lowest BCUT2D eigenvalue weighted by Gasteiger charge is -2.31. The number of thiophene rings is 2. The Balaban J connectivity index is 1.73. The minimum absolute atomic E-state index is 0.0377. The van der Waals surface area contributed by atoms with E-state index in [1.54, 1.807) is 29.7 Å². The highest BCUT2D eigenvalue weighted by Crippen LogP contribution is 2.31. The van der Waals surface area contributed by atoms with E-state index in [1.165, 1.54) is 20.2 Å². The van der Waals surface area contributed by atoms with Crippen molar-refractivity contribution in [1.29, 1.82) is 0 Å². The van der Waals surface area contributed by atoms with Crippen LogP contribution in [0, 0.1) is 0 Å². The normalized spacial score (nSPS) is 19.9. The van der Waals surface area contributed by atoms with Crippen LogP contribution in [-0.2, 0) is 16.0 Å². The topological polar surface area (TPSA) is 62.6 Å². The molecule has 2 aromatic rings. The first kappa shape index (κ1) is 16.2. The molecule has 1 aliphatic heterocycles. The van der Waals surface area contributed by atoms with Crippen molar-refractivity contribution in [2.45, 2.75) is 12.5 Å². The van der Waals surface area contributed by atoms with E-state index in [9.17, 15) is 9.59 Å². The van der Waals surface area contributed by atoms with Crippen LogP contribution in [0.3, 0.4) is 0 Å². The molecule has 3 heterocycles. The van der Waals surface area contributed by atoms with Crippen LogP contribution in [0.15, 0.2) is 29.0 Å². The number of fused-ring (bicyclic) bond motifs is 1. The van der Waals surface area contributed by atoms with Crippen molar-refractivity contribution in [2.75, 3.05) is 26.7 Å². The summed E-state index contributed by atoms with van der Waals surface area (Å²) in [5.41, 5.74) is 1.35. The molecule has 1 unspecified atom stereocenters. The van der Waals surface area contributed by atoms with Gasteiger partial charge in [0.2, 0.25) is 5.91 Å². The molecule has 0 fully saturated rings. The van der Waals surface area contributed by atoms with Crippen molar-refractivity contribution in [3.63, 3.8) is 0 Å². The standard InChI is InChI=1S/C16H19N3O2S2/c1-17-14(20)9-18-15(21)10-19-6-4-12-11(5-8-23-12)16(19)13-3-2-7-22-13/h2-3,5,7-8,16H,4,6,9-10H2,1H3,(H,17,20)(H,18,21)/p+1/t16-/m1/s1. The maximum absolute atomic E-state index is 12.2. The SMILES string of the molecule is CNC(=O)CNC(=O)C[NH+]1CCc2sccc2[C@@H]1c1cccs1. The van der Waals surface area contributed by atoms with Gasteiger partial charge in [-0.05, 0) is 22.9 Å². The molecular formula is C16H20N3O2S2+. The first-order valence-corrected chi connectivity index (χ1v) is 9.36. The van der Waals surface area contributed by atoms with Crippen molar-refractivity contribution in [3.8, 4) is 0 Å². The van der Waals surface area contributed by atoms with Gasteiger partial charge in [0.25, 0.3) is 5.91 Å². The van der Waals surface area contributed by atoms with Crippen molar-refractivity contribution in [3.05, 3.63) is 44.3 Å². The molecule has 5 nitrogen and oxygen atoms in total. The minimum atomic E-state index is -0.179. The van der Waals surface area contributed by atoms with E-state index in [4.69, 9.17) is 0 Å². The van der Waals surface area contributed by atoms with Gasteiger partial charge in [0, 0.05) is 23.9 Å². The Morgan fingerprint density at radius 1 is 1.26 bits per heavy atom. The number of rotatable bonds is 5. The maximum atomic E-state index is 12.2. The average Bonchev–Trinajstić information content (AvgIpc) is 3.23. The van der Waals surface area contributed by atoms with Gasteiger partial charge in [-0.25, -0.2) is 0 Å². The molecule has 3 N–H and O–H groups in total. The van der Waals surface area contributed by atoms with E-state index in [1.807, 2.05) is 0 Å². The summed E-state index contributed by atoms with van der Waals surface area (Å²) in [5, 5.41) is 9.43. The molecule has 3 rings (SSSR count). The van der Waals surface area contributed by atoms with Gasteiger partial charge < -0.3 is 15.5 Å². The molecular weight excluding hydrogens is 330 g/mol. The van der Waals surface area contributed by atoms with Crippen LogP contribution in [0.5, 0.6) is 0 Å². The monoisotopic (exact) mass is 350 g/mol. The van der Waals surface area contributed by atoms with Crippen LogP contribution >= 0.6 is 22.7 Å². The van der Waals surface area contributed by atoms with Gasteiger partial charge in [-0.1, -0.05) is 6.07 Å². The van der Waals surface area contributed by atoms with Crippen LogP contribution in [0.1, 0.15) is 21.4 Å². The molecule has 0 radical (unpaired) electrons. The van der Waals surface area contributed by atoms with E-state index in [2.05, 4.69) is 39.6 Å². The zero-order valence-corrected chi connectivity index (χ0v) is 14.6. The Morgan fingerprint density at radius 3 is 2.87 bits per heavy atom. The van der Waals surface area contributed by atoms with E-state index >= 15 is 0 Å².